The van der Waals surface area contributed by atoms with E-state index in [0.29, 0.717) is 0 Å². The molecule has 57 heavy (non-hydrogen) atoms. The lowest BCUT2D eigenvalue weighted by atomic mass is 9.99. The molecule has 0 aliphatic rings. The normalized spacial score (nSPS) is 11.9. The van der Waals surface area contributed by atoms with Gasteiger partial charge in [-0.05, 0) is 74.3 Å². The Bertz CT molecular complexity index is 3110. The van der Waals surface area contributed by atoms with Crippen LogP contribution in [-0.2, 0) is 0 Å². The molecule has 0 spiro atoms. The van der Waals surface area contributed by atoms with E-state index >= 15 is 0 Å². The zero-order chi connectivity index (χ0) is 37.8. The Hall–Kier alpha value is -7.20. The molecule has 0 aliphatic carbocycles. The maximum Gasteiger partial charge on any atom is 0.179 e. The minimum absolute atomic E-state index is 1.15. The van der Waals surface area contributed by atoms with Crippen LogP contribution in [0.15, 0.2) is 231 Å². The van der Waals surface area contributed by atoms with Gasteiger partial charge in [0.15, 0.2) is 8.07 Å². The summed E-state index contributed by atoms with van der Waals surface area (Å²) in [5, 5.41) is 10.5. The molecule has 0 radical (unpaired) electrons. The van der Waals surface area contributed by atoms with Gasteiger partial charge in [-0.15, -0.1) is 0 Å². The Kier molecular flexibility index (Phi) is 7.87. The van der Waals surface area contributed by atoms with E-state index in [-0.39, 0.29) is 0 Å². The van der Waals surface area contributed by atoms with Crippen molar-refractivity contribution in [2.75, 3.05) is 0 Å². The van der Waals surface area contributed by atoms with Crippen LogP contribution in [0.25, 0.3) is 66.1 Å². The van der Waals surface area contributed by atoms with Crippen molar-refractivity contribution in [2.24, 2.45) is 0 Å². The first-order chi connectivity index (χ1) is 28.3. The monoisotopic (exact) mass is 742 g/mol. The predicted molar refractivity (Wildman–Crippen MR) is 244 cm³/mol. The fraction of sp³-hybridized carbons (Fsp3) is 0. The first kappa shape index (κ1) is 33.2. The van der Waals surface area contributed by atoms with E-state index in [0.717, 1.165) is 11.4 Å². The Morgan fingerprint density at radius 2 is 0.772 bits per heavy atom. The molecular weight excluding hydrogens is 705 g/mol. The van der Waals surface area contributed by atoms with E-state index in [1.165, 1.54) is 75.5 Å². The van der Waals surface area contributed by atoms with Crippen molar-refractivity contribution in [1.29, 1.82) is 0 Å². The van der Waals surface area contributed by atoms with Crippen molar-refractivity contribution in [3.63, 3.8) is 0 Å². The highest BCUT2D eigenvalue weighted by Crippen LogP contribution is 2.44. The summed E-state index contributed by atoms with van der Waals surface area (Å²) in [5.74, 6) is 0. The summed E-state index contributed by atoms with van der Waals surface area (Å²) in [6.45, 7) is 0. The lowest BCUT2D eigenvalue weighted by Gasteiger charge is -2.34. The molecule has 2 heterocycles. The topological polar surface area (TPSA) is 9.86 Å². The van der Waals surface area contributed by atoms with Crippen LogP contribution in [0, 0.1) is 0 Å². The average Bonchev–Trinajstić information content (AvgIpc) is 3.82. The van der Waals surface area contributed by atoms with Gasteiger partial charge < -0.3 is 9.13 Å². The number of hydrogen-bond donors (Lipinski definition) is 0. The molecule has 0 saturated heterocycles. The molecule has 0 unspecified atom stereocenters. The zero-order valence-electron chi connectivity index (χ0n) is 31.3. The lowest BCUT2D eigenvalue weighted by molar-refractivity contribution is 1.17. The van der Waals surface area contributed by atoms with Gasteiger partial charge in [-0.2, -0.15) is 0 Å². The number of benzene rings is 9. The van der Waals surface area contributed by atoms with E-state index in [1.807, 2.05) is 0 Å². The van der Waals surface area contributed by atoms with E-state index in [4.69, 9.17) is 0 Å². The maximum absolute atomic E-state index is 2.74. The average molecular weight is 743 g/mol. The molecule has 2 nitrogen and oxygen atoms in total. The van der Waals surface area contributed by atoms with Crippen molar-refractivity contribution in [3.8, 4) is 22.5 Å². The standard InChI is InChI=1S/C54H38N2Si/c1-6-21-40(22-7-1)55-49-34-17-16-32-47(49)53-51(55)37-36-48-52-46(33-19-35-50(52)56(54(48)53)41-23-8-2-9-24-41)39-20-18-31-45(38-39)57(42-25-10-3-11-26-42,43-27-12-4-13-28-43)44-29-14-5-15-30-44/h1-38H. The summed E-state index contributed by atoms with van der Waals surface area (Å²) in [5.41, 5.74) is 9.58. The molecule has 0 fully saturated rings. The summed E-state index contributed by atoms with van der Waals surface area (Å²) in [6, 6.07) is 85.1. The number of fused-ring (bicyclic) bond motifs is 7. The van der Waals surface area contributed by atoms with Gasteiger partial charge in [-0.1, -0.05) is 188 Å². The molecule has 11 aromatic rings. The SMILES string of the molecule is c1ccc(-n2c3ccccc3c3c2ccc2c4c(-c5cccc([Si](c6ccccc6)(c6ccccc6)c6ccccc6)c5)cccc4n(-c4ccccc4)c23)cc1. The summed E-state index contributed by atoms with van der Waals surface area (Å²) in [4.78, 5) is 0. The third-order valence-electron chi connectivity index (χ3n) is 11.8. The highest BCUT2D eigenvalue weighted by Gasteiger charge is 2.41. The van der Waals surface area contributed by atoms with Gasteiger partial charge >= 0.3 is 0 Å². The number of rotatable bonds is 7. The van der Waals surface area contributed by atoms with Gasteiger partial charge in [-0.25, -0.2) is 0 Å². The summed E-state index contributed by atoms with van der Waals surface area (Å²) >= 11 is 0. The summed E-state index contributed by atoms with van der Waals surface area (Å²) in [6.07, 6.45) is 0. The Labute approximate surface area is 333 Å². The van der Waals surface area contributed by atoms with Crippen molar-refractivity contribution >= 4 is 72.4 Å². The first-order valence-corrected chi connectivity index (χ1v) is 21.7. The molecule has 0 aliphatic heterocycles. The number of hydrogen-bond acceptors (Lipinski definition) is 0. The molecule has 268 valence electrons. The van der Waals surface area contributed by atoms with Gasteiger partial charge in [0.25, 0.3) is 0 Å². The van der Waals surface area contributed by atoms with Crippen molar-refractivity contribution in [2.45, 2.75) is 0 Å². The van der Waals surface area contributed by atoms with Crippen LogP contribution in [0.2, 0.25) is 0 Å². The van der Waals surface area contributed by atoms with Crippen LogP contribution >= 0.6 is 0 Å². The quantitative estimate of drug-likeness (QED) is 0.114. The van der Waals surface area contributed by atoms with Crippen molar-refractivity contribution < 1.29 is 0 Å². The van der Waals surface area contributed by atoms with Gasteiger partial charge in [-0.3, -0.25) is 0 Å². The predicted octanol–water partition coefficient (Wildman–Crippen LogP) is 10.9. The largest absolute Gasteiger partial charge is 0.309 e. The van der Waals surface area contributed by atoms with Crippen LogP contribution in [0.1, 0.15) is 0 Å². The molecule has 0 saturated carbocycles. The Morgan fingerprint density at radius 3 is 1.39 bits per heavy atom. The molecule has 0 bridgehead atoms. The van der Waals surface area contributed by atoms with Crippen LogP contribution in [0.5, 0.6) is 0 Å². The molecule has 2 aromatic heterocycles. The third kappa shape index (κ3) is 5.10. The second-order valence-corrected chi connectivity index (χ2v) is 18.7. The fourth-order valence-corrected chi connectivity index (χ4v) is 14.3. The van der Waals surface area contributed by atoms with Gasteiger partial charge in [0.2, 0.25) is 0 Å². The third-order valence-corrected chi connectivity index (χ3v) is 16.6. The van der Waals surface area contributed by atoms with E-state index in [1.54, 1.807) is 0 Å². The van der Waals surface area contributed by atoms with Crippen LogP contribution in [0.4, 0.5) is 0 Å². The zero-order valence-corrected chi connectivity index (χ0v) is 32.3. The maximum atomic E-state index is 2.50. The van der Waals surface area contributed by atoms with Crippen LogP contribution < -0.4 is 20.7 Å². The summed E-state index contributed by atoms with van der Waals surface area (Å²) < 4.78 is 4.92. The van der Waals surface area contributed by atoms with Gasteiger partial charge in [0, 0.05) is 32.9 Å². The smallest absolute Gasteiger partial charge is 0.179 e. The van der Waals surface area contributed by atoms with Crippen LogP contribution in [-0.4, -0.2) is 17.2 Å². The molecule has 3 heteroatoms. The van der Waals surface area contributed by atoms with Crippen LogP contribution in [0.3, 0.4) is 0 Å². The highest BCUT2D eigenvalue weighted by atomic mass is 28.3. The number of aromatic nitrogens is 2. The minimum Gasteiger partial charge on any atom is -0.309 e. The molecular formula is C54H38N2Si. The summed E-state index contributed by atoms with van der Waals surface area (Å²) in [7, 11) is -2.74. The fourth-order valence-electron chi connectivity index (χ4n) is 9.53. The lowest BCUT2D eigenvalue weighted by Crippen LogP contribution is -2.74. The van der Waals surface area contributed by atoms with E-state index in [2.05, 4.69) is 240 Å². The second kappa shape index (κ2) is 13.5. The second-order valence-electron chi connectivity index (χ2n) is 14.8. The van der Waals surface area contributed by atoms with Gasteiger partial charge in [0.1, 0.15) is 0 Å². The minimum atomic E-state index is -2.74. The first-order valence-electron chi connectivity index (χ1n) is 19.7. The number of para-hydroxylation sites is 3. The molecule has 0 amide bonds. The van der Waals surface area contributed by atoms with Gasteiger partial charge in [0.05, 0.1) is 22.1 Å². The highest BCUT2D eigenvalue weighted by molar-refractivity contribution is 7.19. The van der Waals surface area contributed by atoms with E-state index < -0.39 is 8.07 Å². The Morgan fingerprint density at radius 1 is 0.298 bits per heavy atom. The van der Waals surface area contributed by atoms with Crippen molar-refractivity contribution in [1.82, 2.24) is 9.13 Å². The molecule has 11 rings (SSSR count). The molecule has 9 aromatic carbocycles. The molecule has 0 N–H and O–H groups in total. The van der Waals surface area contributed by atoms with Crippen molar-refractivity contribution in [3.05, 3.63) is 231 Å². The molecule has 0 atom stereocenters. The number of nitrogens with zero attached hydrogens (tertiary/aromatic N) is 2. The van der Waals surface area contributed by atoms with E-state index in [9.17, 15) is 0 Å². The Balaban J connectivity index is 1.24.